The lowest BCUT2D eigenvalue weighted by Gasteiger charge is -2.34. The van der Waals surface area contributed by atoms with Crippen LogP contribution in [0, 0.1) is 5.82 Å². The smallest absolute Gasteiger partial charge is 0.141 e. The summed E-state index contributed by atoms with van der Waals surface area (Å²) in [5.41, 5.74) is 6.54. The summed E-state index contributed by atoms with van der Waals surface area (Å²) in [6.07, 6.45) is 2.90. The van der Waals surface area contributed by atoms with Gasteiger partial charge in [-0.25, -0.2) is 4.39 Å². The highest BCUT2D eigenvalue weighted by Crippen LogP contribution is 2.11. The Hall–Kier alpha value is -1.04. The molecule has 1 aliphatic rings. The van der Waals surface area contributed by atoms with E-state index in [1.54, 1.807) is 6.20 Å². The van der Waals surface area contributed by atoms with Crippen molar-refractivity contribution in [3.63, 3.8) is 0 Å². The predicted molar refractivity (Wildman–Crippen MR) is 58.3 cm³/mol. The van der Waals surface area contributed by atoms with E-state index in [-0.39, 0.29) is 11.9 Å². The summed E-state index contributed by atoms with van der Waals surface area (Å²) in [5, 5.41) is 0. The van der Waals surface area contributed by atoms with Crippen LogP contribution in [-0.4, -0.2) is 42.2 Å². The van der Waals surface area contributed by atoms with Crippen LogP contribution in [0.1, 0.15) is 5.56 Å². The van der Waals surface area contributed by atoms with Crippen LogP contribution >= 0.6 is 0 Å². The first-order valence-electron chi connectivity index (χ1n) is 5.41. The van der Waals surface area contributed by atoms with Crippen molar-refractivity contribution >= 4 is 0 Å². The first-order chi connectivity index (χ1) is 7.79. The molecule has 0 radical (unpaired) electrons. The van der Waals surface area contributed by atoms with Gasteiger partial charge in [0.1, 0.15) is 5.82 Å². The van der Waals surface area contributed by atoms with E-state index < -0.39 is 0 Å². The number of nitrogens with zero attached hydrogens (tertiary/aromatic N) is 2. The van der Waals surface area contributed by atoms with Gasteiger partial charge in [-0.15, -0.1) is 0 Å². The molecule has 4 nitrogen and oxygen atoms in total. The summed E-state index contributed by atoms with van der Waals surface area (Å²) < 4.78 is 18.3. The maximum Gasteiger partial charge on any atom is 0.141 e. The number of hydrogen-bond acceptors (Lipinski definition) is 4. The van der Waals surface area contributed by atoms with Crippen LogP contribution in [0.2, 0.25) is 0 Å². The molecule has 2 heterocycles. The molecule has 1 aromatic heterocycles. The van der Waals surface area contributed by atoms with E-state index in [2.05, 4.69) is 9.88 Å². The van der Waals surface area contributed by atoms with Gasteiger partial charge in [0.05, 0.1) is 19.4 Å². The first kappa shape index (κ1) is 11.4. The highest BCUT2D eigenvalue weighted by atomic mass is 19.1. The average Bonchev–Trinajstić information content (AvgIpc) is 2.30. The molecule has 2 rings (SSSR count). The fourth-order valence-electron chi connectivity index (χ4n) is 1.89. The third-order valence-corrected chi connectivity index (χ3v) is 2.77. The first-order valence-corrected chi connectivity index (χ1v) is 5.41. The predicted octanol–water partition coefficient (Wildman–Crippen LogP) is 0.380. The molecule has 0 amide bonds. The monoisotopic (exact) mass is 225 g/mol. The fraction of sp³-hybridized carbons (Fsp3) is 0.545. The number of nitrogens with two attached hydrogens (primary N) is 1. The lowest BCUT2D eigenvalue weighted by atomic mass is 10.2. The van der Waals surface area contributed by atoms with Crippen LogP contribution in [0.3, 0.4) is 0 Å². The van der Waals surface area contributed by atoms with E-state index in [1.807, 2.05) is 0 Å². The normalized spacial score (nSPS) is 22.2. The topological polar surface area (TPSA) is 51.4 Å². The number of pyridine rings is 1. The molecular weight excluding hydrogens is 209 g/mol. The Morgan fingerprint density at radius 3 is 3.19 bits per heavy atom. The SMILES string of the molecule is NCC1COCCN1Cc1cncc(F)c1. The van der Waals surface area contributed by atoms with Crippen molar-refractivity contribution < 1.29 is 9.13 Å². The van der Waals surface area contributed by atoms with Crippen LogP contribution in [0.25, 0.3) is 0 Å². The summed E-state index contributed by atoms with van der Waals surface area (Å²) in [6.45, 7) is 3.43. The molecule has 0 saturated carbocycles. The molecule has 2 N–H and O–H groups in total. The van der Waals surface area contributed by atoms with Gasteiger partial charge in [0, 0.05) is 31.9 Å². The minimum atomic E-state index is -0.296. The zero-order chi connectivity index (χ0) is 11.4. The van der Waals surface area contributed by atoms with Gasteiger partial charge in [0.15, 0.2) is 0 Å². The highest BCUT2D eigenvalue weighted by Gasteiger charge is 2.21. The van der Waals surface area contributed by atoms with Gasteiger partial charge in [-0.2, -0.15) is 0 Å². The molecule has 1 aromatic rings. The van der Waals surface area contributed by atoms with Gasteiger partial charge < -0.3 is 10.5 Å². The summed E-state index contributed by atoms with van der Waals surface area (Å²) >= 11 is 0. The van der Waals surface area contributed by atoms with Gasteiger partial charge in [-0.1, -0.05) is 0 Å². The van der Waals surface area contributed by atoms with E-state index in [0.717, 1.165) is 12.1 Å². The van der Waals surface area contributed by atoms with E-state index in [0.29, 0.717) is 26.3 Å². The van der Waals surface area contributed by atoms with Crippen LogP contribution < -0.4 is 5.73 Å². The summed E-state index contributed by atoms with van der Waals surface area (Å²) in [4.78, 5) is 6.04. The van der Waals surface area contributed by atoms with E-state index >= 15 is 0 Å². The van der Waals surface area contributed by atoms with Crippen molar-refractivity contribution in [2.75, 3.05) is 26.3 Å². The standard InChI is InChI=1S/C11H16FN3O/c12-10-3-9(5-14-6-10)7-15-1-2-16-8-11(15)4-13/h3,5-6,11H,1-2,4,7-8,13H2. The Bertz CT molecular complexity index is 348. The molecule has 1 unspecified atom stereocenters. The molecule has 0 bridgehead atoms. The maximum absolute atomic E-state index is 13.0. The van der Waals surface area contributed by atoms with Crippen molar-refractivity contribution in [1.82, 2.24) is 9.88 Å². The van der Waals surface area contributed by atoms with Crippen molar-refractivity contribution in [2.45, 2.75) is 12.6 Å². The number of ether oxygens (including phenoxy) is 1. The van der Waals surface area contributed by atoms with Crippen molar-refractivity contribution in [1.29, 1.82) is 0 Å². The second kappa shape index (κ2) is 5.34. The van der Waals surface area contributed by atoms with Crippen molar-refractivity contribution in [2.24, 2.45) is 5.73 Å². The van der Waals surface area contributed by atoms with E-state index in [4.69, 9.17) is 10.5 Å². The molecule has 1 atom stereocenters. The molecule has 0 spiro atoms. The molecular formula is C11H16FN3O. The Morgan fingerprint density at radius 2 is 2.44 bits per heavy atom. The quantitative estimate of drug-likeness (QED) is 0.808. The van der Waals surface area contributed by atoms with E-state index in [1.165, 1.54) is 12.3 Å². The fourth-order valence-corrected chi connectivity index (χ4v) is 1.89. The van der Waals surface area contributed by atoms with Crippen LogP contribution in [0.15, 0.2) is 18.5 Å². The van der Waals surface area contributed by atoms with Gasteiger partial charge in [-0.3, -0.25) is 9.88 Å². The van der Waals surface area contributed by atoms with Crippen LogP contribution in [-0.2, 0) is 11.3 Å². The van der Waals surface area contributed by atoms with Crippen molar-refractivity contribution in [3.8, 4) is 0 Å². The highest BCUT2D eigenvalue weighted by molar-refractivity contribution is 5.10. The Morgan fingerprint density at radius 1 is 1.56 bits per heavy atom. The number of morpholine rings is 1. The summed E-state index contributed by atoms with van der Waals surface area (Å²) in [5.74, 6) is -0.296. The second-order valence-corrected chi connectivity index (χ2v) is 3.95. The average molecular weight is 225 g/mol. The molecule has 5 heteroatoms. The third kappa shape index (κ3) is 2.75. The van der Waals surface area contributed by atoms with Crippen molar-refractivity contribution in [3.05, 3.63) is 29.8 Å². The number of hydrogen-bond donors (Lipinski definition) is 1. The Kier molecular flexibility index (Phi) is 3.82. The van der Waals surface area contributed by atoms with Gasteiger partial charge in [0.25, 0.3) is 0 Å². The van der Waals surface area contributed by atoms with Crippen LogP contribution in [0.5, 0.6) is 0 Å². The van der Waals surface area contributed by atoms with Crippen LogP contribution in [0.4, 0.5) is 4.39 Å². The van der Waals surface area contributed by atoms with Gasteiger partial charge in [0.2, 0.25) is 0 Å². The number of halogens is 1. The maximum atomic E-state index is 13.0. The molecule has 0 aromatic carbocycles. The van der Waals surface area contributed by atoms with Gasteiger partial charge in [-0.05, 0) is 11.6 Å². The molecule has 1 saturated heterocycles. The lowest BCUT2D eigenvalue weighted by molar-refractivity contribution is -0.00800. The van der Waals surface area contributed by atoms with E-state index in [9.17, 15) is 4.39 Å². The molecule has 16 heavy (non-hydrogen) atoms. The lowest BCUT2D eigenvalue weighted by Crippen LogP contribution is -2.48. The zero-order valence-electron chi connectivity index (χ0n) is 9.10. The summed E-state index contributed by atoms with van der Waals surface area (Å²) in [6, 6.07) is 1.73. The summed E-state index contributed by atoms with van der Waals surface area (Å²) in [7, 11) is 0. The second-order valence-electron chi connectivity index (χ2n) is 3.95. The Balaban J connectivity index is 2.02. The van der Waals surface area contributed by atoms with Gasteiger partial charge >= 0.3 is 0 Å². The molecule has 1 aliphatic heterocycles. The number of rotatable bonds is 3. The third-order valence-electron chi connectivity index (χ3n) is 2.77. The molecule has 0 aliphatic carbocycles. The largest absolute Gasteiger partial charge is 0.378 e. The minimum Gasteiger partial charge on any atom is -0.378 e. The minimum absolute atomic E-state index is 0.219. The molecule has 1 fully saturated rings. The number of aromatic nitrogens is 1. The Labute approximate surface area is 94.2 Å². The molecule has 88 valence electrons. The zero-order valence-corrected chi connectivity index (χ0v) is 9.10.